The van der Waals surface area contributed by atoms with Gasteiger partial charge in [0.05, 0.1) is 0 Å². The molecule has 0 saturated carbocycles. The normalized spacial score (nSPS) is 13.6. The van der Waals surface area contributed by atoms with E-state index in [0.717, 1.165) is 6.61 Å². The summed E-state index contributed by atoms with van der Waals surface area (Å²) in [5, 5.41) is 0. The summed E-state index contributed by atoms with van der Waals surface area (Å²) in [6.07, 6.45) is 5.11. The van der Waals surface area contributed by atoms with Crippen molar-refractivity contribution in [3.63, 3.8) is 0 Å². The zero-order valence-corrected chi connectivity index (χ0v) is 8.25. The van der Waals surface area contributed by atoms with Crippen LogP contribution in [0.3, 0.4) is 0 Å². The molecule has 0 spiro atoms. The van der Waals surface area contributed by atoms with Gasteiger partial charge in [-0.2, -0.15) is 0 Å². The molecule has 0 saturated heterocycles. The Labute approximate surface area is 72.6 Å². The van der Waals surface area contributed by atoms with Gasteiger partial charge in [-0.1, -0.05) is 0 Å². The van der Waals surface area contributed by atoms with Gasteiger partial charge in [-0.15, -0.1) is 0 Å². The summed E-state index contributed by atoms with van der Waals surface area (Å²) in [5.74, 6) is 0. The van der Waals surface area contributed by atoms with Gasteiger partial charge < -0.3 is 0 Å². The van der Waals surface area contributed by atoms with Crippen LogP contribution in [0.25, 0.3) is 0 Å². The molecular weight excluding hydrogens is 139 g/mol. The third-order valence-corrected chi connectivity index (χ3v) is 2.00. The molecule has 0 bridgehead atoms. The molecule has 2 heteroatoms. The number of hydrogen-bond donors (Lipinski definition) is 0. The molecule has 1 nitrogen and oxygen atoms in total. The van der Waals surface area contributed by atoms with Crippen LogP contribution in [0.4, 0.5) is 0 Å². The first kappa shape index (κ1) is 10.5. The maximum absolute atomic E-state index is 5.35. The summed E-state index contributed by atoms with van der Waals surface area (Å²) < 4.78 is 5.35. The zero-order chi connectivity index (χ0) is 7.82. The van der Waals surface area contributed by atoms with Crippen LogP contribution in [0.2, 0.25) is 0 Å². The Hall–Kier alpha value is 0.492. The minimum atomic E-state index is 0.386. The van der Waals surface area contributed by atoms with Crippen molar-refractivity contribution in [2.45, 2.75) is 44.5 Å². The van der Waals surface area contributed by atoms with Crippen LogP contribution in [0.5, 0.6) is 0 Å². The Kier molecular flexibility index (Phi) is 7.97. The predicted octanol–water partition coefficient (Wildman–Crippen LogP) is 2.10. The van der Waals surface area contributed by atoms with Crippen molar-refractivity contribution >= 4 is 16.3 Å². The molecule has 0 aromatic rings. The van der Waals surface area contributed by atoms with E-state index in [9.17, 15) is 0 Å². The molecular formula is C8H17AlO+2. The van der Waals surface area contributed by atoms with E-state index in [-0.39, 0.29) is 0 Å². The van der Waals surface area contributed by atoms with Crippen molar-refractivity contribution in [1.29, 1.82) is 0 Å². The van der Waals surface area contributed by atoms with Gasteiger partial charge >= 0.3 is 72.1 Å². The monoisotopic (exact) mass is 156 g/mol. The summed E-state index contributed by atoms with van der Waals surface area (Å²) in [5.41, 5.74) is 0. The van der Waals surface area contributed by atoms with Crippen LogP contribution in [0.1, 0.15) is 39.5 Å². The molecule has 0 amide bonds. The fraction of sp³-hybridized carbons (Fsp3) is 1.00. The molecule has 0 radical (unpaired) electrons. The molecule has 0 aliphatic heterocycles. The molecule has 1 atom stereocenters. The van der Waals surface area contributed by atoms with Gasteiger partial charge in [-0.3, -0.25) is 0 Å². The Morgan fingerprint density at radius 2 is 2.00 bits per heavy atom. The Balaban J connectivity index is 2.97. The SMILES string of the molecule is CCCCC[CH]([Al+2])OCC. The second kappa shape index (κ2) is 7.60. The number of rotatable bonds is 6. The van der Waals surface area contributed by atoms with E-state index >= 15 is 0 Å². The summed E-state index contributed by atoms with van der Waals surface area (Å²) in [6.45, 7) is 5.09. The topological polar surface area (TPSA) is 9.23 Å². The Morgan fingerprint density at radius 1 is 1.30 bits per heavy atom. The van der Waals surface area contributed by atoms with E-state index < -0.39 is 0 Å². The molecule has 0 fully saturated rings. The van der Waals surface area contributed by atoms with Crippen molar-refractivity contribution in [2.24, 2.45) is 0 Å². The first-order valence-corrected chi connectivity index (χ1v) is 4.85. The van der Waals surface area contributed by atoms with E-state index in [1.54, 1.807) is 0 Å². The minimum absolute atomic E-state index is 0.386. The number of hydrogen-bond acceptors (Lipinski definition) is 1. The summed E-state index contributed by atoms with van der Waals surface area (Å²) in [4.78, 5) is 0.386. The molecule has 1 unspecified atom stereocenters. The van der Waals surface area contributed by atoms with Gasteiger partial charge in [0, 0.05) is 0 Å². The van der Waals surface area contributed by atoms with Crippen molar-refractivity contribution < 1.29 is 4.74 Å². The van der Waals surface area contributed by atoms with Gasteiger partial charge in [-0.05, 0) is 0 Å². The second-order valence-electron chi connectivity index (χ2n) is 2.49. The molecule has 0 aromatic carbocycles. The van der Waals surface area contributed by atoms with E-state index in [0.29, 0.717) is 4.97 Å². The van der Waals surface area contributed by atoms with Gasteiger partial charge in [0.25, 0.3) is 0 Å². The van der Waals surface area contributed by atoms with E-state index in [4.69, 9.17) is 4.74 Å². The van der Waals surface area contributed by atoms with Gasteiger partial charge in [0.1, 0.15) is 0 Å². The van der Waals surface area contributed by atoms with Crippen LogP contribution in [0, 0.1) is 0 Å². The number of unbranched alkanes of at least 4 members (excludes halogenated alkanes) is 2. The molecule has 0 N–H and O–H groups in total. The van der Waals surface area contributed by atoms with Crippen LogP contribution < -0.4 is 0 Å². The molecule has 0 aromatic heterocycles. The summed E-state index contributed by atoms with van der Waals surface area (Å²) in [6, 6.07) is 0. The average molecular weight is 156 g/mol. The second-order valence-corrected chi connectivity index (χ2v) is 3.23. The predicted molar refractivity (Wildman–Crippen MR) is 45.3 cm³/mol. The van der Waals surface area contributed by atoms with E-state index in [2.05, 4.69) is 23.2 Å². The fourth-order valence-corrected chi connectivity index (χ4v) is 1.32. The fourth-order valence-electron chi connectivity index (χ4n) is 0.893. The summed E-state index contributed by atoms with van der Waals surface area (Å²) >= 11 is 2.73. The van der Waals surface area contributed by atoms with Crippen molar-refractivity contribution in [3.05, 3.63) is 0 Å². The maximum atomic E-state index is 5.35. The van der Waals surface area contributed by atoms with Crippen molar-refractivity contribution in [1.82, 2.24) is 0 Å². The van der Waals surface area contributed by atoms with Crippen LogP contribution >= 0.6 is 0 Å². The zero-order valence-electron chi connectivity index (χ0n) is 7.10. The average Bonchev–Trinajstić information content (AvgIpc) is 1.89. The number of ether oxygens (including phenoxy) is 1. The molecule has 0 rings (SSSR count). The summed E-state index contributed by atoms with van der Waals surface area (Å²) in [7, 11) is 0. The third kappa shape index (κ3) is 6.61. The van der Waals surface area contributed by atoms with Gasteiger partial charge in [0.15, 0.2) is 0 Å². The van der Waals surface area contributed by atoms with Gasteiger partial charge in [0.2, 0.25) is 0 Å². The first-order chi connectivity index (χ1) is 4.81. The molecule has 0 aliphatic carbocycles. The van der Waals surface area contributed by atoms with Crippen molar-refractivity contribution in [2.75, 3.05) is 6.61 Å². The van der Waals surface area contributed by atoms with Crippen molar-refractivity contribution in [3.8, 4) is 0 Å². The third-order valence-electron chi connectivity index (χ3n) is 1.47. The van der Waals surface area contributed by atoms with Crippen LogP contribution in [-0.2, 0) is 4.74 Å². The van der Waals surface area contributed by atoms with Gasteiger partial charge in [-0.25, -0.2) is 0 Å². The molecule has 10 heavy (non-hydrogen) atoms. The molecule has 0 aliphatic rings. The van der Waals surface area contributed by atoms with Crippen LogP contribution in [-0.4, -0.2) is 27.9 Å². The molecule has 0 heterocycles. The Morgan fingerprint density at radius 3 is 2.50 bits per heavy atom. The Bertz CT molecular complexity index is 66.3. The quantitative estimate of drug-likeness (QED) is 0.422. The van der Waals surface area contributed by atoms with Crippen LogP contribution in [0.15, 0.2) is 0 Å². The molecule has 56 valence electrons. The van der Waals surface area contributed by atoms with E-state index in [1.165, 1.54) is 25.7 Å². The standard InChI is InChI=1S/C8H17O.Al/c1-3-5-6-7-8-9-4-2;/h8H,3-7H2,1-2H3;/q;+2. The first-order valence-electron chi connectivity index (χ1n) is 4.18. The van der Waals surface area contributed by atoms with E-state index in [1.807, 2.05) is 6.92 Å².